The van der Waals surface area contributed by atoms with Gasteiger partial charge in [0.15, 0.2) is 5.78 Å². The maximum Gasteiger partial charge on any atom is 0.297 e. The van der Waals surface area contributed by atoms with Crippen LogP contribution in [-0.4, -0.2) is 68.9 Å². The summed E-state index contributed by atoms with van der Waals surface area (Å²) in [5, 5.41) is 0. The lowest BCUT2D eigenvalue weighted by Gasteiger charge is -2.29. The Bertz CT molecular complexity index is 1900. The molecule has 266 valence electrons. The normalized spacial score (nSPS) is 29.0. The number of amides is 2. The Morgan fingerprint density at radius 2 is 1.90 bits per heavy atom. The van der Waals surface area contributed by atoms with Crippen molar-refractivity contribution in [3.63, 3.8) is 0 Å². The molecule has 11 nitrogen and oxygen atoms in total. The van der Waals surface area contributed by atoms with E-state index in [0.717, 1.165) is 36.8 Å². The number of allylic oxidation sites excluding steroid dienone is 2. The highest BCUT2D eigenvalue weighted by Gasteiger charge is 2.62. The van der Waals surface area contributed by atoms with Crippen molar-refractivity contribution in [1.29, 1.82) is 0 Å². The highest BCUT2D eigenvalue weighted by atomic mass is 32.2. The smallest absolute Gasteiger partial charge is 0.297 e. The third-order valence-corrected chi connectivity index (χ3v) is 13.6. The van der Waals surface area contributed by atoms with Crippen LogP contribution in [0.2, 0.25) is 0 Å². The molecule has 12 heteroatoms. The molecule has 7 rings (SSSR count). The molecule has 0 radical (unpaired) electrons. The van der Waals surface area contributed by atoms with Crippen LogP contribution in [0.1, 0.15) is 83.6 Å². The fourth-order valence-corrected chi connectivity index (χ4v) is 9.16. The molecule has 2 amide bonds. The minimum Gasteiger partial charge on any atom is -0.459 e. The highest BCUT2D eigenvalue weighted by Crippen LogP contribution is 2.57. The molecule has 1 N–H and O–H groups in total. The molecule has 2 aliphatic carbocycles. The number of aromatic nitrogens is 3. The second kappa shape index (κ2) is 13.6. The standard InChI is InChI=1S/C38H47N5O6S/c1-3-42-31-16-19-39-24-30(31)40-36(42)49-29-21-32-33(44)23-38(35(46)41-50(47,48)37(2)17-18-37)22-28(38)15-11-6-4-5-10-14-27(34(45)43(32)25-29)20-26-12-8-7-9-13-26/h7-9,11-13,15-16,19,24,27-29,32H,3-6,10,14,17-18,20-23,25H2,1-2H3,(H,41,46)/b15-11-/t27-,28+,29-,32+,38-/m1/s1. The predicted molar refractivity (Wildman–Crippen MR) is 188 cm³/mol. The Labute approximate surface area is 293 Å². The predicted octanol–water partition coefficient (Wildman–Crippen LogP) is 5.14. The first-order valence-corrected chi connectivity index (χ1v) is 19.6. The number of Topliss-reactive ketones (excluding diaryl/α,β-unsaturated/α-hetero) is 1. The number of ketones is 1. The van der Waals surface area contributed by atoms with E-state index in [1.54, 1.807) is 24.2 Å². The lowest BCUT2D eigenvalue weighted by Crippen LogP contribution is -2.47. The van der Waals surface area contributed by atoms with E-state index in [2.05, 4.69) is 20.8 Å². The summed E-state index contributed by atoms with van der Waals surface area (Å²) in [7, 11) is -3.89. The Hall–Kier alpha value is -4.06. The van der Waals surface area contributed by atoms with Crippen molar-refractivity contribution < 1.29 is 27.5 Å². The molecule has 1 aromatic carbocycles. The molecule has 2 saturated carbocycles. The van der Waals surface area contributed by atoms with E-state index in [1.165, 1.54) is 0 Å². The number of hydrogen-bond acceptors (Lipinski definition) is 8. The monoisotopic (exact) mass is 701 g/mol. The van der Waals surface area contributed by atoms with Crippen molar-refractivity contribution in [3.05, 3.63) is 66.5 Å². The molecule has 0 bridgehead atoms. The van der Waals surface area contributed by atoms with Crippen molar-refractivity contribution in [1.82, 2.24) is 24.2 Å². The maximum absolute atomic E-state index is 14.6. The second-order valence-electron chi connectivity index (χ2n) is 14.9. The zero-order valence-electron chi connectivity index (χ0n) is 28.9. The van der Waals surface area contributed by atoms with Crippen LogP contribution in [0.4, 0.5) is 0 Å². The van der Waals surface area contributed by atoms with Crippen molar-refractivity contribution in [2.75, 3.05) is 6.54 Å². The van der Waals surface area contributed by atoms with E-state index < -0.39 is 38.2 Å². The van der Waals surface area contributed by atoms with Crippen LogP contribution in [0.3, 0.4) is 0 Å². The minimum atomic E-state index is -3.89. The van der Waals surface area contributed by atoms with Crippen LogP contribution in [0.5, 0.6) is 6.01 Å². The number of carbonyl (C=O) groups excluding carboxylic acids is 3. The van der Waals surface area contributed by atoms with Gasteiger partial charge in [0, 0.05) is 31.5 Å². The average molecular weight is 702 g/mol. The summed E-state index contributed by atoms with van der Waals surface area (Å²) >= 11 is 0. The van der Waals surface area contributed by atoms with Gasteiger partial charge in [0.05, 0.1) is 34.5 Å². The number of imidazole rings is 1. The maximum atomic E-state index is 14.6. The van der Waals surface area contributed by atoms with E-state index >= 15 is 0 Å². The van der Waals surface area contributed by atoms with Gasteiger partial charge in [-0.2, -0.15) is 4.98 Å². The van der Waals surface area contributed by atoms with Crippen molar-refractivity contribution in [2.45, 2.75) is 108 Å². The fraction of sp³-hybridized carbons (Fsp3) is 0.553. The van der Waals surface area contributed by atoms with Crippen LogP contribution < -0.4 is 9.46 Å². The molecule has 0 spiro atoms. The first-order chi connectivity index (χ1) is 24.0. The van der Waals surface area contributed by atoms with E-state index in [-0.39, 0.29) is 42.9 Å². The van der Waals surface area contributed by atoms with Gasteiger partial charge in [0.2, 0.25) is 21.8 Å². The van der Waals surface area contributed by atoms with Gasteiger partial charge in [-0.25, -0.2) is 8.42 Å². The molecule has 3 aromatic rings. The van der Waals surface area contributed by atoms with E-state index in [9.17, 15) is 22.8 Å². The third-order valence-electron chi connectivity index (χ3n) is 11.4. The zero-order chi connectivity index (χ0) is 35.1. The quantitative estimate of drug-likeness (QED) is 0.319. The summed E-state index contributed by atoms with van der Waals surface area (Å²) in [6, 6.07) is 11.4. The number of pyridine rings is 1. The van der Waals surface area contributed by atoms with Crippen molar-refractivity contribution in [2.24, 2.45) is 17.3 Å². The van der Waals surface area contributed by atoms with Gasteiger partial charge in [-0.05, 0) is 76.3 Å². The summed E-state index contributed by atoms with van der Waals surface area (Å²) in [4.78, 5) is 53.5. The molecule has 3 fully saturated rings. The first-order valence-electron chi connectivity index (χ1n) is 18.1. The molecule has 0 unspecified atom stereocenters. The topological polar surface area (TPSA) is 141 Å². The zero-order valence-corrected chi connectivity index (χ0v) is 29.7. The number of fused-ring (bicyclic) bond motifs is 3. The molecule has 4 heterocycles. The van der Waals surface area contributed by atoms with Crippen molar-refractivity contribution >= 4 is 38.7 Å². The lowest BCUT2D eigenvalue weighted by atomic mass is 9.90. The van der Waals surface area contributed by atoms with Gasteiger partial charge in [-0.1, -0.05) is 55.3 Å². The molecular formula is C38H47N5O6S. The van der Waals surface area contributed by atoms with E-state index in [1.807, 2.05) is 54.0 Å². The van der Waals surface area contributed by atoms with Crippen molar-refractivity contribution in [3.8, 4) is 6.01 Å². The number of rotatable bonds is 8. The Kier molecular flexibility index (Phi) is 9.34. The number of benzene rings is 1. The number of aryl methyl sites for hydroxylation is 1. The third kappa shape index (κ3) is 6.70. The summed E-state index contributed by atoms with van der Waals surface area (Å²) in [6.07, 6.45) is 13.3. The minimum absolute atomic E-state index is 0.0884. The molecule has 2 aliphatic heterocycles. The Balaban J connectivity index is 1.20. The molecule has 50 heavy (non-hydrogen) atoms. The van der Waals surface area contributed by atoms with Gasteiger partial charge < -0.3 is 9.64 Å². The van der Waals surface area contributed by atoms with Crippen LogP contribution in [0.25, 0.3) is 11.0 Å². The van der Waals surface area contributed by atoms with Gasteiger partial charge in [-0.15, -0.1) is 0 Å². The molecular weight excluding hydrogens is 655 g/mol. The van der Waals surface area contributed by atoms with Gasteiger partial charge in [0.1, 0.15) is 11.6 Å². The Morgan fingerprint density at radius 3 is 2.66 bits per heavy atom. The first kappa shape index (κ1) is 34.4. The van der Waals surface area contributed by atoms with Crippen LogP contribution >= 0.6 is 0 Å². The fourth-order valence-electron chi connectivity index (χ4n) is 7.82. The van der Waals surface area contributed by atoms with Gasteiger partial charge in [-0.3, -0.25) is 28.7 Å². The van der Waals surface area contributed by atoms with Gasteiger partial charge in [0.25, 0.3) is 6.01 Å². The second-order valence-corrected chi connectivity index (χ2v) is 17.1. The summed E-state index contributed by atoms with van der Waals surface area (Å²) in [5.41, 5.74) is 1.47. The Morgan fingerprint density at radius 1 is 1.10 bits per heavy atom. The molecule has 2 aromatic heterocycles. The van der Waals surface area contributed by atoms with Crippen LogP contribution in [0, 0.1) is 17.3 Å². The summed E-state index contributed by atoms with van der Waals surface area (Å²) in [6.45, 7) is 4.47. The largest absolute Gasteiger partial charge is 0.459 e. The molecule has 5 atom stereocenters. The van der Waals surface area contributed by atoms with Gasteiger partial charge >= 0.3 is 0 Å². The summed E-state index contributed by atoms with van der Waals surface area (Å²) < 4.78 is 36.1. The number of nitrogens with zero attached hydrogens (tertiary/aromatic N) is 4. The average Bonchev–Trinajstić information content (AvgIpc) is 3.93. The number of nitrogens with one attached hydrogen (secondary N) is 1. The SMILES string of the molecule is CCn1c(O[C@@H]2C[C@H]3C(=O)C[C@]4(C(=O)NS(=O)(=O)C5(C)CC5)C[C@@H]4/C=C\CCCCC[C@H](Cc4ccccc4)C(=O)N3C2)nc2cnccc21. The number of ether oxygens (including phenoxy) is 1. The summed E-state index contributed by atoms with van der Waals surface area (Å²) in [5.74, 6) is -1.52. The van der Waals surface area contributed by atoms with E-state index in [4.69, 9.17) is 4.74 Å². The lowest BCUT2D eigenvalue weighted by molar-refractivity contribution is -0.142. The van der Waals surface area contributed by atoms with Crippen LogP contribution in [-0.2, 0) is 37.4 Å². The number of sulfonamides is 1. The highest BCUT2D eigenvalue weighted by molar-refractivity contribution is 7.91. The molecule has 4 aliphatic rings. The molecule has 1 saturated heterocycles. The number of hydrogen-bond donors (Lipinski definition) is 1. The van der Waals surface area contributed by atoms with Crippen LogP contribution in [0.15, 0.2) is 60.9 Å². The number of carbonyl (C=O) groups is 3. The van der Waals surface area contributed by atoms with E-state index in [0.29, 0.717) is 50.2 Å².